The fourth-order valence-corrected chi connectivity index (χ4v) is 1.69. The summed E-state index contributed by atoms with van der Waals surface area (Å²) in [7, 11) is 3.48. The summed E-state index contributed by atoms with van der Waals surface area (Å²) in [5.41, 5.74) is 7.14. The molecule has 1 heterocycles. The number of rotatable bonds is 3. The van der Waals surface area contributed by atoms with Crippen molar-refractivity contribution >= 4 is 28.8 Å². The van der Waals surface area contributed by atoms with Gasteiger partial charge in [-0.1, -0.05) is 11.6 Å². The molecule has 0 bridgehead atoms. The van der Waals surface area contributed by atoms with Gasteiger partial charge in [-0.25, -0.2) is 9.97 Å². The van der Waals surface area contributed by atoms with E-state index in [0.29, 0.717) is 11.5 Å². The summed E-state index contributed by atoms with van der Waals surface area (Å²) in [6.07, 6.45) is 1.38. The summed E-state index contributed by atoms with van der Waals surface area (Å²) in [5.74, 6) is 1.36. The summed E-state index contributed by atoms with van der Waals surface area (Å²) in [4.78, 5) is 9.79. The third-order valence-corrected chi connectivity index (χ3v) is 2.89. The molecule has 0 radical (unpaired) electrons. The number of methoxy groups -OCH3 is 1. The second-order valence-electron chi connectivity index (χ2n) is 3.66. The van der Waals surface area contributed by atoms with E-state index in [-0.39, 0.29) is 5.15 Å². The van der Waals surface area contributed by atoms with Crippen LogP contribution >= 0.6 is 11.6 Å². The fraction of sp³-hybridized carbons (Fsp3) is 0.167. The molecule has 0 unspecified atom stereocenters. The second kappa shape index (κ2) is 5.10. The lowest BCUT2D eigenvalue weighted by Crippen LogP contribution is -2.14. The molecular weight excluding hydrogens is 252 g/mol. The van der Waals surface area contributed by atoms with Crippen molar-refractivity contribution in [3.05, 3.63) is 35.7 Å². The van der Waals surface area contributed by atoms with Crippen LogP contribution in [-0.2, 0) is 0 Å². The Morgan fingerprint density at radius 1 is 1.22 bits per heavy atom. The van der Waals surface area contributed by atoms with E-state index in [9.17, 15) is 0 Å². The first-order valence-corrected chi connectivity index (χ1v) is 5.65. The molecule has 1 aromatic heterocycles. The number of hydrogen-bond donors (Lipinski definition) is 1. The molecule has 5 nitrogen and oxygen atoms in total. The molecule has 0 aliphatic rings. The molecule has 0 atom stereocenters. The quantitative estimate of drug-likeness (QED) is 0.863. The maximum Gasteiger partial charge on any atom is 0.161 e. The molecule has 94 valence electrons. The molecule has 1 aromatic carbocycles. The number of nitrogens with zero attached hydrogens (tertiary/aromatic N) is 3. The van der Waals surface area contributed by atoms with E-state index in [2.05, 4.69) is 9.97 Å². The molecule has 18 heavy (non-hydrogen) atoms. The fourth-order valence-electron chi connectivity index (χ4n) is 1.56. The minimum atomic E-state index is 0.250. The van der Waals surface area contributed by atoms with E-state index in [1.807, 2.05) is 36.2 Å². The van der Waals surface area contributed by atoms with E-state index in [1.165, 1.54) is 6.33 Å². The van der Waals surface area contributed by atoms with Gasteiger partial charge in [0.05, 0.1) is 7.11 Å². The van der Waals surface area contributed by atoms with Gasteiger partial charge in [-0.15, -0.1) is 0 Å². The van der Waals surface area contributed by atoms with Crippen molar-refractivity contribution in [2.75, 3.05) is 24.8 Å². The van der Waals surface area contributed by atoms with E-state index in [1.54, 1.807) is 7.11 Å². The predicted octanol–water partition coefficient (Wildman–Crippen LogP) is 2.49. The van der Waals surface area contributed by atoms with Crippen molar-refractivity contribution in [2.24, 2.45) is 0 Å². The van der Waals surface area contributed by atoms with Crippen LogP contribution in [0.2, 0.25) is 5.15 Å². The molecule has 0 saturated heterocycles. The lowest BCUT2D eigenvalue weighted by molar-refractivity contribution is 0.415. The molecule has 2 N–H and O–H groups in total. The molecule has 0 saturated carbocycles. The minimum absolute atomic E-state index is 0.250. The molecule has 0 aliphatic carbocycles. The molecule has 0 amide bonds. The third-order valence-electron chi connectivity index (χ3n) is 2.59. The van der Waals surface area contributed by atoms with Gasteiger partial charge < -0.3 is 15.4 Å². The van der Waals surface area contributed by atoms with Gasteiger partial charge in [-0.3, -0.25) is 0 Å². The average Bonchev–Trinajstić information content (AvgIpc) is 2.41. The van der Waals surface area contributed by atoms with Gasteiger partial charge >= 0.3 is 0 Å². The lowest BCUT2D eigenvalue weighted by atomic mass is 10.2. The number of aromatic nitrogens is 2. The minimum Gasteiger partial charge on any atom is -0.497 e. The normalized spacial score (nSPS) is 10.2. The summed E-state index contributed by atoms with van der Waals surface area (Å²) < 4.78 is 5.11. The van der Waals surface area contributed by atoms with Crippen molar-refractivity contribution < 1.29 is 4.74 Å². The Kier molecular flexibility index (Phi) is 3.53. The number of halogens is 1. The van der Waals surface area contributed by atoms with E-state index in [0.717, 1.165) is 11.4 Å². The molecule has 2 rings (SSSR count). The van der Waals surface area contributed by atoms with Crippen molar-refractivity contribution in [1.29, 1.82) is 0 Å². The van der Waals surface area contributed by atoms with Crippen LogP contribution in [0.3, 0.4) is 0 Å². The number of anilines is 3. The van der Waals surface area contributed by atoms with Gasteiger partial charge in [0, 0.05) is 12.7 Å². The van der Waals surface area contributed by atoms with Gasteiger partial charge in [0.25, 0.3) is 0 Å². The lowest BCUT2D eigenvalue weighted by Gasteiger charge is -2.20. The second-order valence-corrected chi connectivity index (χ2v) is 4.02. The Balaban J connectivity index is 2.35. The van der Waals surface area contributed by atoms with Crippen molar-refractivity contribution in [3.8, 4) is 5.75 Å². The number of nitrogens with two attached hydrogens (primary N) is 1. The SMILES string of the molecule is COc1ccc(N(C)c2ncnc(Cl)c2N)cc1. The molecule has 0 fully saturated rings. The van der Waals surface area contributed by atoms with Gasteiger partial charge in [0.2, 0.25) is 0 Å². The number of benzene rings is 1. The maximum atomic E-state index is 5.87. The van der Waals surface area contributed by atoms with Gasteiger partial charge in [-0.05, 0) is 24.3 Å². The molecule has 2 aromatic rings. The van der Waals surface area contributed by atoms with E-state index in [4.69, 9.17) is 22.1 Å². The van der Waals surface area contributed by atoms with E-state index >= 15 is 0 Å². The first kappa shape index (κ1) is 12.4. The summed E-state index contributed by atoms with van der Waals surface area (Å²) in [6.45, 7) is 0. The highest BCUT2D eigenvalue weighted by atomic mass is 35.5. The summed E-state index contributed by atoms with van der Waals surface area (Å²) in [6, 6.07) is 7.55. The van der Waals surface area contributed by atoms with E-state index < -0.39 is 0 Å². The van der Waals surface area contributed by atoms with Crippen molar-refractivity contribution in [3.63, 3.8) is 0 Å². The van der Waals surface area contributed by atoms with Crippen LogP contribution in [0, 0.1) is 0 Å². The number of nitrogen functional groups attached to an aromatic ring is 1. The first-order chi connectivity index (χ1) is 8.63. The molecule has 0 spiro atoms. The smallest absolute Gasteiger partial charge is 0.161 e. The molecular formula is C12H13ClN4O. The third kappa shape index (κ3) is 2.31. The Morgan fingerprint density at radius 3 is 2.50 bits per heavy atom. The average molecular weight is 265 g/mol. The Labute approximate surface area is 110 Å². The van der Waals surface area contributed by atoms with Gasteiger partial charge in [0.15, 0.2) is 11.0 Å². The zero-order valence-corrected chi connectivity index (χ0v) is 10.8. The van der Waals surface area contributed by atoms with Crippen LogP contribution in [-0.4, -0.2) is 24.1 Å². The zero-order chi connectivity index (χ0) is 13.1. The Morgan fingerprint density at radius 2 is 1.89 bits per heavy atom. The van der Waals surface area contributed by atoms with Crippen molar-refractivity contribution in [1.82, 2.24) is 9.97 Å². The Bertz CT molecular complexity index is 544. The highest BCUT2D eigenvalue weighted by Crippen LogP contribution is 2.30. The van der Waals surface area contributed by atoms with Gasteiger partial charge in [0.1, 0.15) is 17.8 Å². The zero-order valence-electron chi connectivity index (χ0n) is 10.1. The Hall–Kier alpha value is -2.01. The molecule has 0 aliphatic heterocycles. The van der Waals surface area contributed by atoms with Crippen LogP contribution in [0.4, 0.5) is 17.2 Å². The van der Waals surface area contributed by atoms with Gasteiger partial charge in [-0.2, -0.15) is 0 Å². The number of hydrogen-bond acceptors (Lipinski definition) is 5. The highest BCUT2D eigenvalue weighted by Gasteiger charge is 2.12. The topological polar surface area (TPSA) is 64.3 Å². The predicted molar refractivity (Wildman–Crippen MR) is 72.5 cm³/mol. The monoisotopic (exact) mass is 264 g/mol. The summed E-state index contributed by atoms with van der Waals surface area (Å²) >= 11 is 5.87. The van der Waals surface area contributed by atoms with Crippen LogP contribution in [0.15, 0.2) is 30.6 Å². The number of ether oxygens (including phenoxy) is 1. The van der Waals surface area contributed by atoms with Crippen LogP contribution in [0.25, 0.3) is 0 Å². The van der Waals surface area contributed by atoms with Crippen LogP contribution in [0.5, 0.6) is 5.75 Å². The highest BCUT2D eigenvalue weighted by molar-refractivity contribution is 6.32. The standard InChI is InChI=1S/C12H13ClN4O/c1-17(8-3-5-9(18-2)6-4-8)12-10(14)11(13)15-7-16-12/h3-7H,14H2,1-2H3. The van der Waals surface area contributed by atoms with Crippen LogP contribution < -0.4 is 15.4 Å². The first-order valence-electron chi connectivity index (χ1n) is 5.27. The molecule has 6 heteroatoms. The van der Waals surface area contributed by atoms with Crippen LogP contribution in [0.1, 0.15) is 0 Å². The maximum absolute atomic E-state index is 5.87. The van der Waals surface area contributed by atoms with Crippen molar-refractivity contribution in [2.45, 2.75) is 0 Å². The summed E-state index contributed by atoms with van der Waals surface area (Å²) in [5, 5.41) is 0.250. The largest absolute Gasteiger partial charge is 0.497 e.